The fourth-order valence-corrected chi connectivity index (χ4v) is 3.90. The lowest BCUT2D eigenvalue weighted by Crippen LogP contribution is -2.42. The van der Waals surface area contributed by atoms with Gasteiger partial charge in [-0.1, -0.05) is 56.1 Å². The Bertz CT molecular complexity index is 1260. The van der Waals surface area contributed by atoms with E-state index in [0.717, 1.165) is 22.5 Å². The van der Waals surface area contributed by atoms with Gasteiger partial charge in [-0.05, 0) is 63.1 Å². The van der Waals surface area contributed by atoms with Crippen molar-refractivity contribution in [3.05, 3.63) is 74.9 Å². The molecule has 0 atom stereocenters. The van der Waals surface area contributed by atoms with Gasteiger partial charge in [0.2, 0.25) is 5.91 Å². The molecule has 0 saturated heterocycles. The van der Waals surface area contributed by atoms with Gasteiger partial charge in [0, 0.05) is 23.1 Å². The SMILES string of the molecule is Cc1cccc(-n2nc(C(C)(C)C)cc2NC(=O)CN(C(=O)c2ccc(Cl)c(Cl)c2)C(C)C)c1C. The van der Waals surface area contributed by atoms with Gasteiger partial charge in [0.1, 0.15) is 12.4 Å². The van der Waals surface area contributed by atoms with Crippen molar-refractivity contribution in [2.75, 3.05) is 11.9 Å². The lowest BCUT2D eigenvalue weighted by Gasteiger charge is -2.26. The fourth-order valence-electron chi connectivity index (χ4n) is 3.61. The molecule has 0 bridgehead atoms. The van der Waals surface area contributed by atoms with Gasteiger partial charge < -0.3 is 10.2 Å². The van der Waals surface area contributed by atoms with E-state index in [-0.39, 0.29) is 34.8 Å². The third-order valence-corrected chi connectivity index (χ3v) is 6.65. The van der Waals surface area contributed by atoms with Crippen LogP contribution in [0, 0.1) is 13.8 Å². The van der Waals surface area contributed by atoms with Crippen LogP contribution in [0.4, 0.5) is 5.82 Å². The van der Waals surface area contributed by atoms with Gasteiger partial charge in [-0.25, -0.2) is 4.68 Å². The zero-order valence-electron chi connectivity index (χ0n) is 21.2. The molecule has 0 unspecified atom stereocenters. The molecule has 6 nitrogen and oxygen atoms in total. The minimum Gasteiger partial charge on any atom is -0.327 e. The average molecular weight is 515 g/mol. The summed E-state index contributed by atoms with van der Waals surface area (Å²) in [6.45, 7) is 13.9. The summed E-state index contributed by atoms with van der Waals surface area (Å²) in [6.07, 6.45) is 0. The zero-order valence-corrected chi connectivity index (χ0v) is 22.8. The van der Waals surface area contributed by atoms with Crippen LogP contribution in [0.15, 0.2) is 42.5 Å². The van der Waals surface area contributed by atoms with Crippen LogP contribution < -0.4 is 5.32 Å². The van der Waals surface area contributed by atoms with Crippen LogP contribution in [0.3, 0.4) is 0 Å². The Morgan fingerprint density at radius 1 is 1.06 bits per heavy atom. The summed E-state index contributed by atoms with van der Waals surface area (Å²) in [7, 11) is 0. The molecule has 3 aromatic rings. The van der Waals surface area contributed by atoms with Crippen molar-refractivity contribution in [3.63, 3.8) is 0 Å². The smallest absolute Gasteiger partial charge is 0.254 e. The van der Waals surface area contributed by atoms with Crippen LogP contribution >= 0.6 is 23.2 Å². The molecule has 3 rings (SSSR count). The van der Waals surface area contributed by atoms with Crippen molar-refractivity contribution < 1.29 is 9.59 Å². The highest BCUT2D eigenvalue weighted by Crippen LogP contribution is 2.28. The molecule has 8 heteroatoms. The molecule has 1 heterocycles. The minimum atomic E-state index is -0.320. The summed E-state index contributed by atoms with van der Waals surface area (Å²) in [5.41, 5.74) is 4.10. The molecule has 0 spiro atoms. The molecule has 0 saturated carbocycles. The first-order valence-electron chi connectivity index (χ1n) is 11.5. The maximum absolute atomic E-state index is 13.2. The topological polar surface area (TPSA) is 67.2 Å². The predicted molar refractivity (Wildman–Crippen MR) is 143 cm³/mol. The first-order valence-corrected chi connectivity index (χ1v) is 12.3. The Hall–Kier alpha value is -2.83. The van der Waals surface area contributed by atoms with Gasteiger partial charge in [0.05, 0.1) is 21.4 Å². The van der Waals surface area contributed by atoms with Crippen molar-refractivity contribution >= 4 is 40.8 Å². The summed E-state index contributed by atoms with van der Waals surface area (Å²) >= 11 is 12.1. The molecule has 0 radical (unpaired) electrons. The molecule has 1 N–H and O–H groups in total. The van der Waals surface area contributed by atoms with Crippen molar-refractivity contribution in [2.24, 2.45) is 0 Å². The molecule has 1 aromatic heterocycles. The highest BCUT2D eigenvalue weighted by atomic mass is 35.5. The molecule has 35 heavy (non-hydrogen) atoms. The number of hydrogen-bond donors (Lipinski definition) is 1. The third kappa shape index (κ3) is 6.06. The van der Waals surface area contributed by atoms with E-state index in [2.05, 4.69) is 26.1 Å². The molecule has 0 fully saturated rings. The predicted octanol–water partition coefficient (Wildman–Crippen LogP) is 6.58. The number of amides is 2. The monoisotopic (exact) mass is 514 g/mol. The van der Waals surface area contributed by atoms with E-state index >= 15 is 0 Å². The lowest BCUT2D eigenvalue weighted by atomic mass is 9.92. The number of rotatable bonds is 6. The van der Waals surface area contributed by atoms with Gasteiger partial charge in [-0.15, -0.1) is 0 Å². The summed E-state index contributed by atoms with van der Waals surface area (Å²) in [5, 5.41) is 8.45. The van der Waals surface area contributed by atoms with Gasteiger partial charge in [0.15, 0.2) is 0 Å². The summed E-state index contributed by atoms with van der Waals surface area (Å²) in [4.78, 5) is 27.9. The standard InChI is InChI=1S/C27H32Cl2N4O2/c1-16(2)32(26(35)19-11-12-20(28)21(29)13-19)15-25(34)30-24-14-23(27(5,6)7)31-33(24)22-10-8-9-17(3)18(22)4/h8-14,16H,15H2,1-7H3,(H,30,34). The van der Waals surface area contributed by atoms with E-state index in [1.54, 1.807) is 16.8 Å². The Labute approximate surface area is 217 Å². The molecular weight excluding hydrogens is 483 g/mol. The molecule has 186 valence electrons. The van der Waals surface area contributed by atoms with Crippen LogP contribution in [0.2, 0.25) is 10.0 Å². The summed E-state index contributed by atoms with van der Waals surface area (Å²) in [5.74, 6) is -0.0644. The molecule has 0 aliphatic rings. The van der Waals surface area contributed by atoms with E-state index in [4.69, 9.17) is 28.3 Å². The highest BCUT2D eigenvalue weighted by Gasteiger charge is 2.25. The number of hydrogen-bond acceptors (Lipinski definition) is 3. The van der Waals surface area contributed by atoms with Crippen molar-refractivity contribution in [3.8, 4) is 5.69 Å². The third-order valence-electron chi connectivity index (χ3n) is 5.91. The molecule has 2 aromatic carbocycles. The normalized spacial score (nSPS) is 11.6. The van der Waals surface area contributed by atoms with E-state index in [1.807, 2.05) is 52.0 Å². The summed E-state index contributed by atoms with van der Waals surface area (Å²) < 4.78 is 1.77. The van der Waals surface area contributed by atoms with Gasteiger partial charge in [-0.3, -0.25) is 9.59 Å². The van der Waals surface area contributed by atoms with Gasteiger partial charge >= 0.3 is 0 Å². The number of anilines is 1. The van der Waals surface area contributed by atoms with E-state index in [1.165, 1.54) is 11.0 Å². The van der Waals surface area contributed by atoms with Crippen LogP contribution in [-0.2, 0) is 10.2 Å². The Morgan fingerprint density at radius 2 is 1.74 bits per heavy atom. The van der Waals surface area contributed by atoms with Crippen LogP contribution in [-0.4, -0.2) is 39.1 Å². The van der Waals surface area contributed by atoms with Gasteiger partial charge in [-0.2, -0.15) is 5.10 Å². The van der Waals surface area contributed by atoms with Crippen molar-refractivity contribution in [1.82, 2.24) is 14.7 Å². The van der Waals surface area contributed by atoms with Crippen molar-refractivity contribution in [1.29, 1.82) is 0 Å². The van der Waals surface area contributed by atoms with E-state index in [0.29, 0.717) is 16.4 Å². The quantitative estimate of drug-likeness (QED) is 0.403. The highest BCUT2D eigenvalue weighted by molar-refractivity contribution is 6.42. The number of carbonyl (C=O) groups excluding carboxylic acids is 2. The maximum atomic E-state index is 13.2. The first-order chi connectivity index (χ1) is 16.3. The second-order valence-corrected chi connectivity index (χ2v) is 10.8. The second-order valence-electron chi connectivity index (χ2n) is 10.00. The number of carbonyl (C=O) groups is 2. The van der Waals surface area contributed by atoms with Crippen molar-refractivity contribution in [2.45, 2.75) is 59.9 Å². The molecular formula is C27H32Cl2N4O2. The first kappa shape index (κ1) is 26.8. The molecule has 2 amide bonds. The molecule has 0 aliphatic carbocycles. The van der Waals surface area contributed by atoms with E-state index < -0.39 is 0 Å². The largest absolute Gasteiger partial charge is 0.327 e. The van der Waals surface area contributed by atoms with Crippen LogP contribution in [0.1, 0.15) is 61.8 Å². The average Bonchev–Trinajstić information content (AvgIpc) is 3.19. The lowest BCUT2D eigenvalue weighted by molar-refractivity contribution is -0.117. The van der Waals surface area contributed by atoms with Crippen LogP contribution in [0.5, 0.6) is 0 Å². The fraction of sp³-hybridized carbons (Fsp3) is 0.370. The van der Waals surface area contributed by atoms with Gasteiger partial charge in [0.25, 0.3) is 5.91 Å². The number of aryl methyl sites for hydroxylation is 1. The number of nitrogens with one attached hydrogen (secondary N) is 1. The number of halogens is 2. The number of benzene rings is 2. The Morgan fingerprint density at radius 3 is 2.34 bits per heavy atom. The molecule has 0 aliphatic heterocycles. The van der Waals surface area contributed by atoms with E-state index in [9.17, 15) is 9.59 Å². The Kier molecular flexibility index (Phi) is 7.97. The maximum Gasteiger partial charge on any atom is 0.254 e. The summed E-state index contributed by atoms with van der Waals surface area (Å²) in [6, 6.07) is 12.4. The zero-order chi connectivity index (χ0) is 26.1. The minimum absolute atomic E-state index is 0.125. The number of nitrogens with zero attached hydrogens (tertiary/aromatic N) is 3. The van der Waals surface area contributed by atoms with Crippen LogP contribution in [0.25, 0.3) is 5.69 Å². The Balaban J connectivity index is 1.91. The second kappa shape index (κ2) is 10.4. The number of aromatic nitrogens is 2.